The number of anilines is 1. The second-order valence-corrected chi connectivity index (χ2v) is 4.74. The molecule has 0 saturated carbocycles. The van der Waals surface area contributed by atoms with Crippen molar-refractivity contribution < 1.29 is 9.66 Å². The summed E-state index contributed by atoms with van der Waals surface area (Å²) in [6.07, 6.45) is 3.04. The van der Waals surface area contributed by atoms with Crippen LogP contribution in [0.25, 0.3) is 0 Å². The molecule has 0 bridgehead atoms. The van der Waals surface area contributed by atoms with Crippen LogP contribution < -0.4 is 10.1 Å². The lowest BCUT2D eigenvalue weighted by Crippen LogP contribution is -2.03. The van der Waals surface area contributed by atoms with Crippen molar-refractivity contribution in [3.63, 3.8) is 0 Å². The maximum atomic E-state index is 11.0. The number of nitro groups is 1. The molecular formula is C12H10Cl2N4O3. The highest BCUT2D eigenvalue weighted by Crippen LogP contribution is 2.35. The topological polar surface area (TPSA) is 90.2 Å². The Hall–Kier alpha value is -2.12. The quantitative estimate of drug-likeness (QED) is 0.668. The van der Waals surface area contributed by atoms with Gasteiger partial charge < -0.3 is 10.1 Å². The molecule has 21 heavy (non-hydrogen) atoms. The molecule has 2 aromatic rings. The van der Waals surface area contributed by atoms with Gasteiger partial charge in [-0.15, -0.1) is 0 Å². The Morgan fingerprint density at radius 1 is 1.29 bits per heavy atom. The van der Waals surface area contributed by atoms with Crippen molar-refractivity contribution in [2.75, 3.05) is 12.4 Å². The third-order valence-corrected chi connectivity index (χ3v) is 3.26. The first kappa shape index (κ1) is 15.3. The molecule has 1 aromatic heterocycles. The molecule has 0 unspecified atom stereocenters. The number of hydrogen-bond donors (Lipinski definition) is 1. The predicted molar refractivity (Wildman–Crippen MR) is 79.0 cm³/mol. The molecule has 2 rings (SSSR count). The zero-order valence-corrected chi connectivity index (χ0v) is 12.4. The summed E-state index contributed by atoms with van der Waals surface area (Å²) in [7, 11) is 1.72. The van der Waals surface area contributed by atoms with Gasteiger partial charge in [0.1, 0.15) is 12.4 Å². The Bertz CT molecular complexity index is 664. The SMILES string of the molecule is CNc1cnc(COc2cc(Cl)c(Cl)cc2[N+](=O)[O-])cn1. The van der Waals surface area contributed by atoms with E-state index in [0.29, 0.717) is 11.5 Å². The summed E-state index contributed by atoms with van der Waals surface area (Å²) in [6.45, 7) is 0.0236. The minimum atomic E-state index is -0.590. The van der Waals surface area contributed by atoms with E-state index in [-0.39, 0.29) is 28.1 Å². The molecule has 9 heteroatoms. The number of halogens is 2. The van der Waals surface area contributed by atoms with Crippen molar-refractivity contribution in [2.45, 2.75) is 6.61 Å². The minimum absolute atomic E-state index is 0.0221. The molecule has 0 fully saturated rings. The summed E-state index contributed by atoms with van der Waals surface area (Å²) in [4.78, 5) is 18.5. The van der Waals surface area contributed by atoms with Crippen LogP contribution in [0, 0.1) is 10.1 Å². The predicted octanol–water partition coefficient (Wildman–Crippen LogP) is 3.31. The van der Waals surface area contributed by atoms with Crippen LogP contribution in [0.3, 0.4) is 0 Å². The second kappa shape index (κ2) is 6.55. The highest BCUT2D eigenvalue weighted by Gasteiger charge is 2.18. The number of nitrogens with one attached hydrogen (secondary N) is 1. The van der Waals surface area contributed by atoms with Crippen molar-refractivity contribution in [1.29, 1.82) is 0 Å². The van der Waals surface area contributed by atoms with Crippen LogP contribution in [-0.4, -0.2) is 21.9 Å². The van der Waals surface area contributed by atoms with Crippen LogP contribution in [0.15, 0.2) is 24.5 Å². The maximum absolute atomic E-state index is 11.0. The number of benzene rings is 1. The number of hydrogen-bond acceptors (Lipinski definition) is 6. The van der Waals surface area contributed by atoms with E-state index in [2.05, 4.69) is 15.3 Å². The lowest BCUT2D eigenvalue weighted by Gasteiger charge is -2.08. The number of ether oxygens (including phenoxy) is 1. The fourth-order valence-electron chi connectivity index (χ4n) is 1.49. The molecule has 0 aliphatic carbocycles. The van der Waals surface area contributed by atoms with Gasteiger partial charge in [0, 0.05) is 19.2 Å². The molecule has 0 radical (unpaired) electrons. The zero-order chi connectivity index (χ0) is 15.4. The van der Waals surface area contributed by atoms with Gasteiger partial charge in [-0.3, -0.25) is 15.1 Å². The standard InChI is InChI=1S/C12H10Cl2N4O3/c1-15-12-5-16-7(4-17-12)6-21-11-3-9(14)8(13)2-10(11)18(19)20/h2-5H,6H2,1H3,(H,15,17). The van der Waals surface area contributed by atoms with E-state index in [4.69, 9.17) is 27.9 Å². The van der Waals surface area contributed by atoms with Gasteiger partial charge in [0.2, 0.25) is 0 Å². The molecule has 0 saturated heterocycles. The molecule has 1 N–H and O–H groups in total. The van der Waals surface area contributed by atoms with Gasteiger partial charge >= 0.3 is 5.69 Å². The molecular weight excluding hydrogens is 319 g/mol. The zero-order valence-electron chi connectivity index (χ0n) is 10.8. The average molecular weight is 329 g/mol. The van der Waals surface area contributed by atoms with E-state index in [1.54, 1.807) is 7.05 Å². The number of rotatable bonds is 5. The molecule has 0 amide bonds. The van der Waals surface area contributed by atoms with Gasteiger partial charge in [-0.05, 0) is 0 Å². The van der Waals surface area contributed by atoms with Crippen LogP contribution in [0.4, 0.5) is 11.5 Å². The van der Waals surface area contributed by atoms with E-state index in [1.807, 2.05) is 0 Å². The monoisotopic (exact) mass is 328 g/mol. The van der Waals surface area contributed by atoms with E-state index in [1.165, 1.54) is 18.5 Å². The second-order valence-electron chi connectivity index (χ2n) is 3.92. The summed E-state index contributed by atoms with van der Waals surface area (Å²) >= 11 is 11.6. The van der Waals surface area contributed by atoms with Crippen molar-refractivity contribution in [3.05, 3.63) is 50.4 Å². The van der Waals surface area contributed by atoms with Crippen LogP contribution in [0.5, 0.6) is 5.75 Å². The summed E-state index contributed by atoms with van der Waals surface area (Å²) in [5, 5.41) is 14.1. The van der Waals surface area contributed by atoms with Crippen LogP contribution >= 0.6 is 23.2 Å². The van der Waals surface area contributed by atoms with Gasteiger partial charge in [-0.2, -0.15) is 0 Å². The summed E-state index contributed by atoms with van der Waals surface area (Å²) in [5.41, 5.74) is 0.263. The van der Waals surface area contributed by atoms with Crippen molar-refractivity contribution >= 4 is 34.7 Å². The molecule has 0 atom stereocenters. The third kappa shape index (κ3) is 3.71. The van der Waals surface area contributed by atoms with E-state index < -0.39 is 4.92 Å². The Labute approximate surface area is 130 Å². The molecule has 0 spiro atoms. The summed E-state index contributed by atoms with van der Waals surface area (Å²) in [5.74, 6) is 0.633. The molecule has 1 heterocycles. The van der Waals surface area contributed by atoms with Gasteiger partial charge in [0.05, 0.1) is 33.1 Å². The van der Waals surface area contributed by atoms with Gasteiger partial charge in [-0.25, -0.2) is 4.98 Å². The molecule has 110 valence electrons. The smallest absolute Gasteiger partial charge is 0.312 e. The fraction of sp³-hybridized carbons (Fsp3) is 0.167. The number of nitro benzene ring substituents is 1. The lowest BCUT2D eigenvalue weighted by atomic mass is 10.3. The number of aromatic nitrogens is 2. The van der Waals surface area contributed by atoms with Crippen molar-refractivity contribution in [1.82, 2.24) is 9.97 Å². The maximum Gasteiger partial charge on any atom is 0.312 e. The van der Waals surface area contributed by atoms with Gasteiger partial charge in [0.25, 0.3) is 0 Å². The normalized spacial score (nSPS) is 10.2. The first-order valence-corrected chi connectivity index (χ1v) is 6.51. The lowest BCUT2D eigenvalue weighted by molar-refractivity contribution is -0.385. The Morgan fingerprint density at radius 3 is 2.57 bits per heavy atom. The average Bonchev–Trinajstić information content (AvgIpc) is 2.48. The first-order valence-electron chi connectivity index (χ1n) is 5.76. The summed E-state index contributed by atoms with van der Waals surface area (Å²) in [6, 6.07) is 2.45. The fourth-order valence-corrected chi connectivity index (χ4v) is 1.80. The highest BCUT2D eigenvalue weighted by atomic mass is 35.5. The van der Waals surface area contributed by atoms with Gasteiger partial charge in [-0.1, -0.05) is 23.2 Å². The molecule has 7 nitrogen and oxygen atoms in total. The van der Waals surface area contributed by atoms with Crippen molar-refractivity contribution in [3.8, 4) is 5.75 Å². The Morgan fingerprint density at radius 2 is 2.00 bits per heavy atom. The summed E-state index contributed by atoms with van der Waals surface area (Å²) < 4.78 is 5.39. The van der Waals surface area contributed by atoms with E-state index >= 15 is 0 Å². The third-order valence-electron chi connectivity index (χ3n) is 2.54. The molecule has 1 aromatic carbocycles. The molecule has 0 aliphatic rings. The highest BCUT2D eigenvalue weighted by molar-refractivity contribution is 6.42. The minimum Gasteiger partial charge on any atom is -0.480 e. The van der Waals surface area contributed by atoms with Crippen LogP contribution in [0.1, 0.15) is 5.69 Å². The van der Waals surface area contributed by atoms with Gasteiger partial charge in [0.15, 0.2) is 5.75 Å². The van der Waals surface area contributed by atoms with Crippen LogP contribution in [-0.2, 0) is 6.61 Å². The first-order chi connectivity index (χ1) is 10.0. The Kier molecular flexibility index (Phi) is 4.77. The van der Waals surface area contributed by atoms with E-state index in [0.717, 1.165) is 6.07 Å². The van der Waals surface area contributed by atoms with Crippen LogP contribution in [0.2, 0.25) is 10.0 Å². The Balaban J connectivity index is 2.18. The molecule has 0 aliphatic heterocycles. The van der Waals surface area contributed by atoms with E-state index in [9.17, 15) is 10.1 Å². The number of nitrogens with zero attached hydrogens (tertiary/aromatic N) is 3. The van der Waals surface area contributed by atoms with Crippen molar-refractivity contribution in [2.24, 2.45) is 0 Å². The largest absolute Gasteiger partial charge is 0.480 e.